The lowest BCUT2D eigenvalue weighted by Crippen LogP contribution is -2.47. The number of rotatable bonds is 4. The van der Waals surface area contributed by atoms with Crippen LogP contribution in [0.4, 0.5) is 4.79 Å². The van der Waals surface area contributed by atoms with Gasteiger partial charge in [-0.25, -0.2) is 4.79 Å². The zero-order valence-corrected chi connectivity index (χ0v) is 12.6. The fourth-order valence-corrected chi connectivity index (χ4v) is 2.84. The van der Waals surface area contributed by atoms with Crippen LogP contribution in [-0.4, -0.2) is 48.5 Å². The van der Waals surface area contributed by atoms with E-state index in [9.17, 15) is 19.2 Å². The van der Waals surface area contributed by atoms with Gasteiger partial charge in [0.1, 0.15) is 12.3 Å². The summed E-state index contributed by atoms with van der Waals surface area (Å²) in [6.07, 6.45) is 0.251. The maximum Gasteiger partial charge on any atom is 0.326 e. The van der Waals surface area contributed by atoms with Crippen molar-refractivity contribution in [2.24, 2.45) is 5.73 Å². The number of amides is 4. The Morgan fingerprint density at radius 2 is 2.08 bits per heavy atom. The second kappa shape index (κ2) is 5.84. The van der Waals surface area contributed by atoms with Gasteiger partial charge >= 0.3 is 12.0 Å². The Bertz CT molecular complexity index is 734. The van der Waals surface area contributed by atoms with E-state index in [4.69, 9.17) is 10.5 Å². The Hall–Kier alpha value is -3.10. The number of primary amides is 1. The van der Waals surface area contributed by atoms with Crippen LogP contribution in [-0.2, 0) is 24.7 Å². The van der Waals surface area contributed by atoms with Gasteiger partial charge in [-0.15, -0.1) is 0 Å². The third-order valence-electron chi connectivity index (χ3n) is 3.92. The van der Waals surface area contributed by atoms with Crippen molar-refractivity contribution >= 4 is 23.8 Å². The molecule has 4 amide bonds. The topological polar surface area (TPSA) is 128 Å². The van der Waals surface area contributed by atoms with Crippen molar-refractivity contribution < 1.29 is 28.7 Å². The summed E-state index contributed by atoms with van der Waals surface area (Å²) in [4.78, 5) is 48.1. The molecule has 2 heterocycles. The fourth-order valence-electron chi connectivity index (χ4n) is 2.84. The molecule has 0 radical (unpaired) electrons. The van der Waals surface area contributed by atoms with E-state index in [0.29, 0.717) is 11.3 Å². The number of benzene rings is 1. The molecule has 0 saturated carbocycles. The van der Waals surface area contributed by atoms with Gasteiger partial charge in [0, 0.05) is 12.0 Å². The van der Waals surface area contributed by atoms with E-state index in [2.05, 4.69) is 10.1 Å². The van der Waals surface area contributed by atoms with Crippen LogP contribution in [0.25, 0.3) is 0 Å². The molecule has 0 bridgehead atoms. The maximum atomic E-state index is 12.8. The Kier molecular flexibility index (Phi) is 3.84. The summed E-state index contributed by atoms with van der Waals surface area (Å²) < 4.78 is 10.1. The zero-order chi connectivity index (χ0) is 17.3. The number of carbonyl (C=O) groups excluding carboxylic acids is 4. The Morgan fingerprint density at radius 3 is 2.83 bits per heavy atom. The number of fused-ring (bicyclic) bond motifs is 2. The van der Waals surface area contributed by atoms with Crippen LogP contribution >= 0.6 is 0 Å². The lowest BCUT2D eigenvalue weighted by molar-refractivity contribution is -0.150. The standard InChI is InChI=1S/C15H15N3O6/c16-11(19)8-24-12(20)7-18-13(21)15(17-14(18)22)5-6-23-10-4-2-1-3-9(10)15/h1-4H,5-8H2,(H2,16,19)(H,17,22)/t15-/m0/s1. The third-order valence-corrected chi connectivity index (χ3v) is 3.92. The lowest BCUT2D eigenvalue weighted by Gasteiger charge is -2.33. The van der Waals surface area contributed by atoms with Crippen molar-refractivity contribution in [1.29, 1.82) is 0 Å². The SMILES string of the molecule is NC(=O)COC(=O)CN1C(=O)N[C@]2(CCOc3ccccc32)C1=O. The molecule has 2 aliphatic heterocycles. The monoisotopic (exact) mass is 333 g/mol. The largest absolute Gasteiger partial charge is 0.493 e. The van der Waals surface area contributed by atoms with Crippen LogP contribution < -0.4 is 15.8 Å². The molecule has 3 N–H and O–H groups in total. The molecule has 1 aromatic carbocycles. The minimum absolute atomic E-state index is 0.251. The third kappa shape index (κ3) is 2.53. The van der Waals surface area contributed by atoms with Crippen molar-refractivity contribution in [1.82, 2.24) is 10.2 Å². The van der Waals surface area contributed by atoms with Gasteiger partial charge in [0.05, 0.1) is 6.61 Å². The number of esters is 1. The van der Waals surface area contributed by atoms with E-state index in [1.807, 2.05) is 0 Å². The maximum absolute atomic E-state index is 12.8. The van der Waals surface area contributed by atoms with Crippen molar-refractivity contribution in [2.45, 2.75) is 12.0 Å². The highest BCUT2D eigenvalue weighted by Gasteiger charge is 2.55. The molecule has 3 rings (SSSR count). The molecule has 9 nitrogen and oxygen atoms in total. The summed E-state index contributed by atoms with van der Waals surface area (Å²) in [5.41, 5.74) is 4.17. The van der Waals surface area contributed by atoms with E-state index in [-0.39, 0.29) is 13.0 Å². The van der Waals surface area contributed by atoms with Crippen molar-refractivity contribution in [3.8, 4) is 5.75 Å². The molecule has 9 heteroatoms. The highest BCUT2D eigenvalue weighted by molar-refractivity contribution is 6.09. The van der Waals surface area contributed by atoms with E-state index in [1.54, 1.807) is 24.3 Å². The minimum atomic E-state index is -1.25. The van der Waals surface area contributed by atoms with Gasteiger partial charge in [0.15, 0.2) is 12.1 Å². The number of nitrogens with zero attached hydrogens (tertiary/aromatic N) is 1. The predicted octanol–water partition coefficient (Wildman–Crippen LogP) is -0.755. The molecule has 0 aromatic heterocycles. The summed E-state index contributed by atoms with van der Waals surface area (Å²) in [6.45, 7) is -0.948. The van der Waals surface area contributed by atoms with Crippen molar-refractivity contribution in [2.75, 3.05) is 19.8 Å². The first-order valence-electron chi connectivity index (χ1n) is 7.24. The molecule has 1 fully saturated rings. The number of hydrogen-bond acceptors (Lipinski definition) is 6. The minimum Gasteiger partial charge on any atom is -0.493 e. The van der Waals surface area contributed by atoms with Gasteiger partial charge < -0.3 is 20.5 Å². The molecular weight excluding hydrogens is 318 g/mol. The molecule has 0 aliphatic carbocycles. The molecule has 1 saturated heterocycles. The number of ether oxygens (including phenoxy) is 2. The van der Waals surface area contributed by atoms with Crippen LogP contribution in [0.2, 0.25) is 0 Å². The first-order chi connectivity index (χ1) is 11.4. The zero-order valence-electron chi connectivity index (χ0n) is 12.6. The number of nitrogens with one attached hydrogen (secondary N) is 1. The van der Waals surface area contributed by atoms with Gasteiger partial charge in [0.2, 0.25) is 0 Å². The van der Waals surface area contributed by atoms with Gasteiger partial charge in [-0.3, -0.25) is 19.3 Å². The lowest BCUT2D eigenvalue weighted by atomic mass is 9.84. The highest BCUT2D eigenvalue weighted by atomic mass is 16.5. The first kappa shape index (κ1) is 15.8. The Balaban J connectivity index is 1.83. The normalized spacial score (nSPS) is 21.9. The first-order valence-corrected chi connectivity index (χ1v) is 7.24. The molecular formula is C15H15N3O6. The number of urea groups is 1. The second-order valence-electron chi connectivity index (χ2n) is 5.45. The van der Waals surface area contributed by atoms with Crippen LogP contribution in [0, 0.1) is 0 Å². The van der Waals surface area contributed by atoms with Crippen LogP contribution in [0.15, 0.2) is 24.3 Å². The summed E-state index contributed by atoms with van der Waals surface area (Å²) in [6, 6.07) is 6.20. The average molecular weight is 333 g/mol. The van der Waals surface area contributed by atoms with Gasteiger partial charge in [-0.2, -0.15) is 0 Å². The number of para-hydroxylation sites is 1. The van der Waals surface area contributed by atoms with E-state index in [1.165, 1.54) is 0 Å². The summed E-state index contributed by atoms with van der Waals surface area (Å²) in [7, 11) is 0. The number of carbonyl (C=O) groups is 4. The van der Waals surface area contributed by atoms with Gasteiger partial charge in [-0.05, 0) is 6.07 Å². The Labute approximate surface area is 136 Å². The molecule has 0 unspecified atom stereocenters. The smallest absolute Gasteiger partial charge is 0.326 e. The summed E-state index contributed by atoms with van der Waals surface area (Å²) >= 11 is 0. The number of imide groups is 1. The molecule has 126 valence electrons. The van der Waals surface area contributed by atoms with E-state index < -0.39 is 42.5 Å². The Morgan fingerprint density at radius 1 is 1.33 bits per heavy atom. The van der Waals surface area contributed by atoms with E-state index >= 15 is 0 Å². The average Bonchev–Trinajstić information content (AvgIpc) is 2.78. The molecule has 1 atom stereocenters. The van der Waals surface area contributed by atoms with Crippen molar-refractivity contribution in [3.63, 3.8) is 0 Å². The fraction of sp³-hybridized carbons (Fsp3) is 0.333. The van der Waals surface area contributed by atoms with Gasteiger partial charge in [0.25, 0.3) is 11.8 Å². The second-order valence-corrected chi connectivity index (χ2v) is 5.45. The van der Waals surface area contributed by atoms with Crippen molar-refractivity contribution in [3.05, 3.63) is 29.8 Å². The number of nitrogens with two attached hydrogens (primary N) is 1. The van der Waals surface area contributed by atoms with Crippen LogP contribution in [0.5, 0.6) is 5.75 Å². The predicted molar refractivity (Wildman–Crippen MR) is 78.6 cm³/mol. The van der Waals surface area contributed by atoms with Crippen LogP contribution in [0.1, 0.15) is 12.0 Å². The van der Waals surface area contributed by atoms with Gasteiger partial charge in [-0.1, -0.05) is 18.2 Å². The number of hydrogen-bond donors (Lipinski definition) is 2. The molecule has 24 heavy (non-hydrogen) atoms. The summed E-state index contributed by atoms with van der Waals surface area (Å²) in [5.74, 6) is -1.76. The van der Waals surface area contributed by atoms with E-state index in [0.717, 1.165) is 4.90 Å². The quantitative estimate of drug-likeness (QED) is 0.551. The highest BCUT2D eigenvalue weighted by Crippen LogP contribution is 2.40. The van der Waals surface area contributed by atoms with Crippen LogP contribution in [0.3, 0.4) is 0 Å². The summed E-state index contributed by atoms with van der Waals surface area (Å²) in [5, 5.41) is 2.65. The molecule has 2 aliphatic rings. The molecule has 1 spiro atoms. The molecule has 1 aromatic rings.